The number of esters is 1. The van der Waals surface area contributed by atoms with E-state index in [2.05, 4.69) is 28.8 Å². The lowest BCUT2D eigenvalue weighted by Gasteiger charge is -2.49. The Balaban J connectivity index is 1.53. The third-order valence-corrected chi connectivity index (χ3v) is 7.11. The van der Waals surface area contributed by atoms with Crippen LogP contribution in [0.2, 0.25) is 0 Å². The summed E-state index contributed by atoms with van der Waals surface area (Å²) in [5.41, 5.74) is 8.13. The largest absolute Gasteiger partial charge is 0.454 e. The molecule has 0 bridgehead atoms. The summed E-state index contributed by atoms with van der Waals surface area (Å²) in [4.78, 5) is 25.3. The SMILES string of the molecule is CC1=C2C3OC(=O)C(Cn4cnc5c(N)ncnc54)[C@]3(O)CCC2(C)CCC1. The number of nitrogen functional groups attached to an aromatic ring is 1. The summed E-state index contributed by atoms with van der Waals surface area (Å²) in [6.45, 7) is 4.61. The Morgan fingerprint density at radius 1 is 1.32 bits per heavy atom. The van der Waals surface area contributed by atoms with E-state index in [9.17, 15) is 9.90 Å². The molecule has 28 heavy (non-hydrogen) atoms. The van der Waals surface area contributed by atoms with Gasteiger partial charge in [-0.2, -0.15) is 0 Å². The van der Waals surface area contributed by atoms with Crippen LogP contribution >= 0.6 is 0 Å². The Morgan fingerprint density at radius 3 is 2.96 bits per heavy atom. The number of aromatic nitrogens is 4. The van der Waals surface area contributed by atoms with Crippen molar-refractivity contribution in [3.8, 4) is 0 Å². The van der Waals surface area contributed by atoms with E-state index < -0.39 is 17.6 Å². The average Bonchev–Trinajstić information content (AvgIpc) is 3.17. The minimum atomic E-state index is -1.21. The number of anilines is 1. The van der Waals surface area contributed by atoms with Gasteiger partial charge in [0.25, 0.3) is 0 Å². The molecule has 8 nitrogen and oxygen atoms in total. The maximum absolute atomic E-state index is 12.9. The molecule has 2 fully saturated rings. The average molecular weight is 383 g/mol. The number of imidazole rings is 1. The number of aliphatic hydroxyl groups is 1. The second-order valence-corrected chi connectivity index (χ2v) is 8.80. The molecule has 148 valence electrons. The molecule has 0 amide bonds. The fourth-order valence-corrected chi connectivity index (χ4v) is 5.57. The Hall–Kier alpha value is -2.48. The summed E-state index contributed by atoms with van der Waals surface area (Å²) in [5, 5.41) is 11.7. The monoisotopic (exact) mass is 383 g/mol. The zero-order valence-electron chi connectivity index (χ0n) is 16.2. The first-order valence-corrected chi connectivity index (χ1v) is 9.88. The quantitative estimate of drug-likeness (QED) is 0.602. The minimum Gasteiger partial charge on any atom is -0.454 e. The van der Waals surface area contributed by atoms with Gasteiger partial charge in [-0.15, -0.1) is 0 Å². The number of carbonyl (C=O) groups is 1. The molecule has 8 heteroatoms. The molecular formula is C20H25N5O3. The van der Waals surface area contributed by atoms with E-state index in [0.717, 1.165) is 31.3 Å². The fraction of sp³-hybridized carbons (Fsp3) is 0.600. The number of rotatable bonds is 2. The highest BCUT2D eigenvalue weighted by Crippen LogP contribution is 2.57. The molecule has 3 unspecified atom stereocenters. The highest BCUT2D eigenvalue weighted by atomic mass is 16.6. The van der Waals surface area contributed by atoms with Gasteiger partial charge < -0.3 is 20.1 Å². The van der Waals surface area contributed by atoms with E-state index in [1.807, 2.05) is 0 Å². The zero-order valence-corrected chi connectivity index (χ0v) is 16.2. The third-order valence-electron chi connectivity index (χ3n) is 7.11. The van der Waals surface area contributed by atoms with Crippen LogP contribution in [0.25, 0.3) is 11.2 Å². The maximum Gasteiger partial charge on any atom is 0.314 e. The zero-order chi connectivity index (χ0) is 19.7. The van der Waals surface area contributed by atoms with Crippen molar-refractivity contribution in [3.05, 3.63) is 23.8 Å². The molecule has 2 aliphatic carbocycles. The van der Waals surface area contributed by atoms with Gasteiger partial charge >= 0.3 is 5.97 Å². The molecule has 0 aromatic carbocycles. The van der Waals surface area contributed by atoms with Crippen LogP contribution in [0.4, 0.5) is 5.82 Å². The summed E-state index contributed by atoms with van der Waals surface area (Å²) in [6, 6.07) is 0. The molecule has 0 radical (unpaired) electrons. The molecule has 2 aromatic heterocycles. The predicted octanol–water partition coefficient (Wildman–Crippen LogP) is 1.98. The molecule has 1 saturated heterocycles. The van der Waals surface area contributed by atoms with Gasteiger partial charge in [0.1, 0.15) is 23.4 Å². The van der Waals surface area contributed by atoms with Crippen molar-refractivity contribution in [2.24, 2.45) is 11.3 Å². The molecule has 3 heterocycles. The first-order valence-electron chi connectivity index (χ1n) is 9.88. The molecule has 0 spiro atoms. The van der Waals surface area contributed by atoms with Crippen LogP contribution in [0, 0.1) is 11.3 Å². The van der Waals surface area contributed by atoms with Crippen LogP contribution in [-0.4, -0.2) is 42.3 Å². The van der Waals surface area contributed by atoms with Gasteiger partial charge in [0.2, 0.25) is 0 Å². The van der Waals surface area contributed by atoms with Crippen molar-refractivity contribution in [1.29, 1.82) is 0 Å². The Bertz CT molecular complexity index is 1010. The van der Waals surface area contributed by atoms with Crippen molar-refractivity contribution >= 4 is 23.0 Å². The van der Waals surface area contributed by atoms with Gasteiger partial charge in [-0.05, 0) is 50.0 Å². The number of nitrogens with two attached hydrogens (primary N) is 1. The lowest BCUT2D eigenvalue weighted by molar-refractivity contribution is -0.144. The van der Waals surface area contributed by atoms with Crippen LogP contribution in [-0.2, 0) is 16.1 Å². The maximum atomic E-state index is 12.9. The molecule has 2 aromatic rings. The normalized spacial score (nSPS) is 35.0. The number of hydrogen-bond acceptors (Lipinski definition) is 7. The summed E-state index contributed by atoms with van der Waals surface area (Å²) < 4.78 is 7.59. The second-order valence-electron chi connectivity index (χ2n) is 8.80. The van der Waals surface area contributed by atoms with Gasteiger partial charge in [0, 0.05) is 6.54 Å². The van der Waals surface area contributed by atoms with Crippen LogP contribution in [0.1, 0.15) is 46.0 Å². The van der Waals surface area contributed by atoms with Crippen molar-refractivity contribution in [1.82, 2.24) is 19.5 Å². The van der Waals surface area contributed by atoms with E-state index in [-0.39, 0.29) is 17.9 Å². The van der Waals surface area contributed by atoms with Crippen molar-refractivity contribution in [3.63, 3.8) is 0 Å². The Kier molecular flexibility index (Phi) is 3.62. The number of allylic oxidation sites excluding steroid dienone is 1. The van der Waals surface area contributed by atoms with Crippen molar-refractivity contribution in [2.75, 3.05) is 5.73 Å². The van der Waals surface area contributed by atoms with Crippen LogP contribution in [0.15, 0.2) is 23.8 Å². The lowest BCUT2D eigenvalue weighted by Crippen LogP contribution is -2.53. The summed E-state index contributed by atoms with van der Waals surface area (Å²) in [5.74, 6) is -0.727. The number of hydrogen-bond donors (Lipinski definition) is 2. The number of nitrogens with zero attached hydrogens (tertiary/aromatic N) is 4. The molecule has 5 rings (SSSR count). The molecule has 3 N–H and O–H groups in total. The lowest BCUT2D eigenvalue weighted by atomic mass is 9.58. The third kappa shape index (κ3) is 2.27. The number of carbonyl (C=O) groups excluding carboxylic acids is 1. The molecular weight excluding hydrogens is 358 g/mol. The van der Waals surface area contributed by atoms with Gasteiger partial charge in [0.15, 0.2) is 17.6 Å². The van der Waals surface area contributed by atoms with E-state index in [4.69, 9.17) is 10.5 Å². The first-order chi connectivity index (χ1) is 13.3. The Morgan fingerprint density at radius 2 is 2.14 bits per heavy atom. The number of fused-ring (bicyclic) bond motifs is 4. The van der Waals surface area contributed by atoms with Gasteiger partial charge in [-0.25, -0.2) is 15.0 Å². The standard InChI is InChI=1S/C20H25N5O3/c1-11-4-3-5-19(2)6-7-20(27)12(18(26)28-15(20)13(11)19)8-25-10-24-14-16(21)22-9-23-17(14)25/h9-10,12,15,27H,3-8H2,1-2H3,(H2,21,22,23)/t12?,15?,19?,20-/m1/s1. The minimum absolute atomic E-state index is 0.0117. The van der Waals surface area contributed by atoms with E-state index in [1.165, 1.54) is 11.9 Å². The molecule has 1 aliphatic heterocycles. The van der Waals surface area contributed by atoms with Crippen LogP contribution < -0.4 is 5.73 Å². The summed E-state index contributed by atoms with van der Waals surface area (Å²) in [7, 11) is 0. The summed E-state index contributed by atoms with van der Waals surface area (Å²) >= 11 is 0. The molecule has 3 aliphatic rings. The van der Waals surface area contributed by atoms with E-state index >= 15 is 0 Å². The van der Waals surface area contributed by atoms with Gasteiger partial charge in [0.05, 0.1) is 6.33 Å². The van der Waals surface area contributed by atoms with Crippen LogP contribution in [0.5, 0.6) is 0 Å². The highest BCUT2D eigenvalue weighted by molar-refractivity contribution is 5.82. The van der Waals surface area contributed by atoms with E-state index in [0.29, 0.717) is 23.4 Å². The summed E-state index contributed by atoms with van der Waals surface area (Å²) in [6.07, 6.45) is 7.05. The van der Waals surface area contributed by atoms with Gasteiger partial charge in [-0.3, -0.25) is 4.79 Å². The van der Waals surface area contributed by atoms with Gasteiger partial charge in [-0.1, -0.05) is 12.5 Å². The smallest absolute Gasteiger partial charge is 0.314 e. The van der Waals surface area contributed by atoms with Crippen molar-refractivity contribution < 1.29 is 14.6 Å². The van der Waals surface area contributed by atoms with Crippen molar-refractivity contribution in [2.45, 2.75) is 64.2 Å². The Labute approximate surface area is 162 Å². The predicted molar refractivity (Wildman–Crippen MR) is 102 cm³/mol. The van der Waals surface area contributed by atoms with Crippen LogP contribution in [0.3, 0.4) is 0 Å². The van der Waals surface area contributed by atoms with E-state index in [1.54, 1.807) is 10.9 Å². The molecule has 4 atom stereocenters. The highest BCUT2D eigenvalue weighted by Gasteiger charge is 2.63. The molecule has 1 saturated carbocycles. The number of ether oxygens (including phenoxy) is 1. The first kappa shape index (κ1) is 17.6. The second kappa shape index (κ2) is 5.76. The fourth-order valence-electron chi connectivity index (χ4n) is 5.57. The topological polar surface area (TPSA) is 116 Å².